The summed E-state index contributed by atoms with van der Waals surface area (Å²) >= 11 is 0. The van der Waals surface area contributed by atoms with E-state index in [4.69, 9.17) is 10.5 Å². The topological polar surface area (TPSA) is 65.2 Å². The van der Waals surface area contributed by atoms with Crippen LogP contribution < -0.4 is 5.73 Å². The fraction of sp³-hybridized carbons (Fsp3) is 0.400. The minimum atomic E-state index is -0.864. The summed E-state index contributed by atoms with van der Waals surface area (Å²) in [5.41, 5.74) is 5.12. The zero-order chi connectivity index (χ0) is 10.8. The number of anilines is 1. The van der Waals surface area contributed by atoms with Crippen LogP contribution in [0.3, 0.4) is 0 Å². The Labute approximate surface area is 83.1 Å². The van der Waals surface area contributed by atoms with Gasteiger partial charge in [-0.2, -0.15) is 0 Å². The van der Waals surface area contributed by atoms with Crippen molar-refractivity contribution in [2.24, 2.45) is 0 Å². The Bertz CT molecular complexity index is 348. The first-order valence-electron chi connectivity index (χ1n) is 4.29. The summed E-state index contributed by atoms with van der Waals surface area (Å²) in [5.74, 6) is 0.0771. The van der Waals surface area contributed by atoms with Crippen molar-refractivity contribution in [3.63, 3.8) is 0 Å². The van der Waals surface area contributed by atoms with E-state index in [9.17, 15) is 4.79 Å². The highest BCUT2D eigenvalue weighted by atomic mass is 16.5. The number of nitrogens with zero attached hydrogens (tertiary/aromatic N) is 1. The number of nitrogen functional groups attached to an aromatic ring is 1. The first kappa shape index (κ1) is 10.7. The molecule has 1 aromatic heterocycles. The van der Waals surface area contributed by atoms with Crippen molar-refractivity contribution in [3.8, 4) is 0 Å². The third-order valence-electron chi connectivity index (χ3n) is 2.14. The van der Waals surface area contributed by atoms with E-state index in [0.29, 0.717) is 5.56 Å². The molecule has 0 fully saturated rings. The maximum Gasteiger partial charge on any atom is 0.197 e. The number of carbonyl (C=O) groups is 1. The lowest BCUT2D eigenvalue weighted by atomic mass is 9.97. The minimum Gasteiger partial charge on any atom is -0.383 e. The van der Waals surface area contributed by atoms with E-state index in [-0.39, 0.29) is 11.6 Å². The van der Waals surface area contributed by atoms with Crippen LogP contribution in [-0.4, -0.2) is 23.5 Å². The van der Waals surface area contributed by atoms with Crippen molar-refractivity contribution in [2.45, 2.75) is 19.4 Å². The molecule has 1 aromatic rings. The zero-order valence-corrected chi connectivity index (χ0v) is 8.57. The third kappa shape index (κ3) is 1.90. The van der Waals surface area contributed by atoms with Gasteiger partial charge in [-0.15, -0.1) is 0 Å². The van der Waals surface area contributed by atoms with Gasteiger partial charge < -0.3 is 10.5 Å². The molecular weight excluding hydrogens is 180 g/mol. The zero-order valence-electron chi connectivity index (χ0n) is 8.57. The van der Waals surface area contributed by atoms with E-state index >= 15 is 0 Å². The lowest BCUT2D eigenvalue weighted by Crippen LogP contribution is -2.34. The van der Waals surface area contributed by atoms with E-state index in [2.05, 4.69) is 4.98 Å². The average molecular weight is 194 g/mol. The van der Waals surface area contributed by atoms with Gasteiger partial charge in [0, 0.05) is 13.3 Å². The van der Waals surface area contributed by atoms with Crippen molar-refractivity contribution in [1.82, 2.24) is 4.98 Å². The maximum absolute atomic E-state index is 11.9. The van der Waals surface area contributed by atoms with E-state index in [1.54, 1.807) is 32.2 Å². The number of pyridine rings is 1. The number of ether oxygens (including phenoxy) is 1. The Kier molecular flexibility index (Phi) is 2.86. The first-order chi connectivity index (χ1) is 6.49. The second-order valence-electron chi connectivity index (χ2n) is 3.48. The highest BCUT2D eigenvalue weighted by molar-refractivity contribution is 6.05. The van der Waals surface area contributed by atoms with Crippen LogP contribution in [0.1, 0.15) is 24.2 Å². The van der Waals surface area contributed by atoms with Crippen LogP contribution in [0.4, 0.5) is 5.82 Å². The number of nitrogens with two attached hydrogens (primary N) is 1. The van der Waals surface area contributed by atoms with Crippen molar-refractivity contribution in [2.75, 3.05) is 12.8 Å². The van der Waals surface area contributed by atoms with Crippen molar-refractivity contribution in [3.05, 3.63) is 23.9 Å². The molecule has 0 aliphatic heterocycles. The van der Waals surface area contributed by atoms with Gasteiger partial charge in [0.25, 0.3) is 0 Å². The molecule has 14 heavy (non-hydrogen) atoms. The third-order valence-corrected chi connectivity index (χ3v) is 2.14. The number of ketones is 1. The molecule has 0 atom stereocenters. The van der Waals surface area contributed by atoms with Gasteiger partial charge in [-0.3, -0.25) is 4.79 Å². The molecule has 0 bridgehead atoms. The van der Waals surface area contributed by atoms with Gasteiger partial charge in [0.15, 0.2) is 5.78 Å². The molecule has 0 aromatic carbocycles. The van der Waals surface area contributed by atoms with E-state index < -0.39 is 5.60 Å². The highest BCUT2D eigenvalue weighted by Crippen LogP contribution is 2.18. The molecular formula is C10H14N2O2. The van der Waals surface area contributed by atoms with E-state index in [1.807, 2.05) is 0 Å². The molecule has 4 nitrogen and oxygen atoms in total. The molecule has 0 spiro atoms. The van der Waals surface area contributed by atoms with Gasteiger partial charge >= 0.3 is 0 Å². The van der Waals surface area contributed by atoms with E-state index in [1.165, 1.54) is 7.11 Å². The van der Waals surface area contributed by atoms with Crippen LogP contribution in [0.25, 0.3) is 0 Å². The molecule has 0 aliphatic carbocycles. The molecule has 1 rings (SSSR count). The summed E-state index contributed by atoms with van der Waals surface area (Å²) in [4.78, 5) is 15.7. The van der Waals surface area contributed by atoms with Crippen LogP contribution >= 0.6 is 0 Å². The second-order valence-corrected chi connectivity index (χ2v) is 3.48. The first-order valence-corrected chi connectivity index (χ1v) is 4.29. The van der Waals surface area contributed by atoms with Gasteiger partial charge in [-0.25, -0.2) is 4.98 Å². The molecule has 1 heterocycles. The number of methoxy groups -OCH3 is 1. The maximum atomic E-state index is 11.9. The van der Waals surface area contributed by atoms with Gasteiger partial charge in [0.1, 0.15) is 11.4 Å². The number of rotatable bonds is 3. The van der Waals surface area contributed by atoms with Gasteiger partial charge in [-0.05, 0) is 26.0 Å². The van der Waals surface area contributed by atoms with Crippen LogP contribution in [0.15, 0.2) is 18.3 Å². The molecule has 0 saturated heterocycles. The molecule has 76 valence electrons. The lowest BCUT2D eigenvalue weighted by Gasteiger charge is -2.21. The van der Waals surface area contributed by atoms with Gasteiger partial charge in [0.05, 0.1) is 5.56 Å². The SMILES string of the molecule is COC(C)(C)C(=O)c1cccnc1N. The Morgan fingerprint density at radius 3 is 2.71 bits per heavy atom. The Hall–Kier alpha value is -1.42. The summed E-state index contributed by atoms with van der Waals surface area (Å²) in [6.07, 6.45) is 1.55. The lowest BCUT2D eigenvalue weighted by molar-refractivity contribution is 0.0229. The Morgan fingerprint density at radius 2 is 2.21 bits per heavy atom. The number of carbonyl (C=O) groups excluding carboxylic acids is 1. The number of hydrogen-bond donors (Lipinski definition) is 1. The van der Waals surface area contributed by atoms with Crippen LogP contribution in [-0.2, 0) is 4.74 Å². The summed E-state index contributed by atoms with van der Waals surface area (Å²) in [5, 5.41) is 0. The van der Waals surface area contributed by atoms with Gasteiger partial charge in [0.2, 0.25) is 0 Å². The number of hydrogen-bond acceptors (Lipinski definition) is 4. The van der Waals surface area contributed by atoms with Crippen molar-refractivity contribution < 1.29 is 9.53 Å². The van der Waals surface area contributed by atoms with Crippen LogP contribution in [0.5, 0.6) is 0 Å². The quantitative estimate of drug-likeness (QED) is 0.736. The molecule has 0 saturated carbocycles. The smallest absolute Gasteiger partial charge is 0.197 e. The molecule has 0 radical (unpaired) electrons. The normalized spacial score (nSPS) is 11.4. The summed E-state index contributed by atoms with van der Waals surface area (Å²) in [7, 11) is 1.49. The largest absolute Gasteiger partial charge is 0.383 e. The molecule has 0 amide bonds. The van der Waals surface area contributed by atoms with Crippen LogP contribution in [0.2, 0.25) is 0 Å². The molecule has 4 heteroatoms. The van der Waals surface area contributed by atoms with Gasteiger partial charge in [-0.1, -0.05) is 0 Å². The number of aromatic nitrogens is 1. The Morgan fingerprint density at radius 1 is 1.57 bits per heavy atom. The molecule has 0 aliphatic rings. The van der Waals surface area contributed by atoms with Crippen LogP contribution in [0, 0.1) is 0 Å². The predicted molar refractivity (Wildman–Crippen MR) is 54.1 cm³/mol. The fourth-order valence-electron chi connectivity index (χ4n) is 1.03. The number of Topliss-reactive ketones (excluding diaryl/α,β-unsaturated/α-hetero) is 1. The standard InChI is InChI=1S/C10H14N2O2/c1-10(2,14-3)8(13)7-5-4-6-12-9(7)11/h4-6H,1-3H3,(H2,11,12). The highest BCUT2D eigenvalue weighted by Gasteiger charge is 2.29. The van der Waals surface area contributed by atoms with Crippen molar-refractivity contribution in [1.29, 1.82) is 0 Å². The second kappa shape index (κ2) is 3.75. The summed E-state index contributed by atoms with van der Waals surface area (Å²) < 4.78 is 5.08. The molecule has 2 N–H and O–H groups in total. The summed E-state index contributed by atoms with van der Waals surface area (Å²) in [6.45, 7) is 3.39. The van der Waals surface area contributed by atoms with Crippen molar-refractivity contribution >= 4 is 11.6 Å². The Balaban J connectivity index is 3.07. The monoisotopic (exact) mass is 194 g/mol. The van der Waals surface area contributed by atoms with E-state index in [0.717, 1.165) is 0 Å². The molecule has 0 unspecified atom stereocenters. The average Bonchev–Trinajstić information content (AvgIpc) is 2.17. The predicted octanol–water partition coefficient (Wildman–Crippen LogP) is 1.27. The summed E-state index contributed by atoms with van der Waals surface area (Å²) in [6, 6.07) is 3.32. The minimum absolute atomic E-state index is 0.161. The fourth-order valence-corrected chi connectivity index (χ4v) is 1.03.